The molecule has 8 bridgehead atoms. The molecule has 6 aromatic carbocycles. The number of hydrogen-bond acceptors (Lipinski definition) is 8. The van der Waals surface area contributed by atoms with Crippen molar-refractivity contribution in [3.8, 4) is 23.0 Å². The first-order chi connectivity index (χ1) is 45.8. The molecule has 0 aromatic heterocycles. The minimum absolute atomic E-state index is 0.145. The Bertz CT molecular complexity index is 3380. The van der Waals surface area contributed by atoms with E-state index in [0.717, 1.165) is 139 Å². The van der Waals surface area contributed by atoms with Gasteiger partial charge in [0.05, 0.1) is 48.7 Å². The fraction of sp³-hybridized carbons (Fsp3) is 0.535. The summed E-state index contributed by atoms with van der Waals surface area (Å²) < 4.78 is 29.0. The van der Waals surface area contributed by atoms with Gasteiger partial charge in [-0.2, -0.15) is 0 Å². The van der Waals surface area contributed by atoms with Crippen molar-refractivity contribution < 1.29 is 38.1 Å². The third kappa shape index (κ3) is 18.3. The molecule has 9 rings (SSSR count). The third-order valence-corrected chi connectivity index (χ3v) is 19.7. The zero-order valence-corrected chi connectivity index (χ0v) is 61.2. The summed E-state index contributed by atoms with van der Waals surface area (Å²) in [5, 5.41) is 0. The summed E-state index contributed by atoms with van der Waals surface area (Å²) in [6.07, 6.45) is 20.8. The number of carbonyl (C=O) groups is 4. The predicted molar refractivity (Wildman–Crippen MR) is 392 cm³/mol. The van der Waals surface area contributed by atoms with Crippen LogP contribution in [0.1, 0.15) is 321 Å². The van der Waals surface area contributed by atoms with Crippen LogP contribution in [-0.4, -0.2) is 72.9 Å². The van der Waals surface area contributed by atoms with Gasteiger partial charge in [-0.25, -0.2) is 0 Å². The van der Waals surface area contributed by atoms with Gasteiger partial charge in [0.15, 0.2) is 0 Å². The highest BCUT2D eigenvalue weighted by molar-refractivity contribution is 6.22. The average Bonchev–Trinajstić information content (AvgIpc) is 1.63. The first-order valence-electron chi connectivity index (χ1n) is 36.8. The van der Waals surface area contributed by atoms with E-state index < -0.39 is 0 Å². The van der Waals surface area contributed by atoms with Crippen molar-refractivity contribution in [2.24, 2.45) is 0 Å². The van der Waals surface area contributed by atoms with E-state index in [1.165, 1.54) is 76.6 Å². The highest BCUT2D eigenvalue weighted by atomic mass is 16.5. The Morgan fingerprint density at radius 1 is 0.292 bits per heavy atom. The maximum absolute atomic E-state index is 13.0. The van der Waals surface area contributed by atoms with Crippen molar-refractivity contribution in [3.05, 3.63) is 186 Å². The summed E-state index contributed by atoms with van der Waals surface area (Å²) in [4.78, 5) is 54.7. The molecule has 0 saturated heterocycles. The predicted octanol–water partition coefficient (Wildman–Crippen LogP) is 20.7. The molecule has 0 saturated carbocycles. The number of carbonyl (C=O) groups excluding carboxylic acids is 4. The Morgan fingerprint density at radius 3 is 0.698 bits per heavy atom. The van der Waals surface area contributed by atoms with E-state index in [1.807, 2.05) is 24.3 Å². The fourth-order valence-electron chi connectivity index (χ4n) is 13.9. The van der Waals surface area contributed by atoms with Gasteiger partial charge < -0.3 is 18.9 Å². The quantitative estimate of drug-likeness (QED) is 0.0323. The molecule has 0 radical (unpaired) electrons. The molecule has 10 heteroatoms. The molecular weight excluding hydrogens is 1190 g/mol. The number of benzene rings is 6. The number of nitrogens with zero attached hydrogens (tertiary/aromatic N) is 2. The molecule has 4 amide bonds. The van der Waals surface area contributed by atoms with E-state index >= 15 is 0 Å². The first kappa shape index (κ1) is 73.1. The molecule has 1 aliphatic carbocycles. The minimum Gasteiger partial charge on any atom is -0.493 e. The van der Waals surface area contributed by atoms with Crippen molar-refractivity contribution >= 4 is 23.6 Å². The van der Waals surface area contributed by atoms with Crippen LogP contribution in [0.5, 0.6) is 23.0 Å². The topological polar surface area (TPSA) is 112 Å². The average molecular weight is 1300 g/mol. The third-order valence-electron chi connectivity index (χ3n) is 19.7. The second-order valence-electron chi connectivity index (χ2n) is 31.9. The summed E-state index contributed by atoms with van der Waals surface area (Å²) in [5.74, 6) is 3.19. The van der Waals surface area contributed by atoms with E-state index in [2.05, 4.69) is 145 Å². The van der Waals surface area contributed by atoms with Gasteiger partial charge in [0.25, 0.3) is 23.6 Å². The highest BCUT2D eigenvalue weighted by Crippen LogP contribution is 2.45. The molecule has 10 nitrogen and oxygen atoms in total. The van der Waals surface area contributed by atoms with Crippen LogP contribution in [0.15, 0.2) is 97.1 Å². The minimum atomic E-state index is -0.167. The van der Waals surface area contributed by atoms with Crippen LogP contribution >= 0.6 is 0 Å². The van der Waals surface area contributed by atoms with E-state index in [9.17, 15) is 19.2 Å². The van der Waals surface area contributed by atoms with Gasteiger partial charge in [0, 0.05) is 38.8 Å². The van der Waals surface area contributed by atoms with Gasteiger partial charge in [-0.05, 0) is 151 Å². The molecule has 96 heavy (non-hydrogen) atoms. The maximum atomic E-state index is 13.0. The molecule has 2 aliphatic heterocycles. The standard InChI is InChI=1S/C86H114N2O8/c1-15-43-93-75-59-47-60-52-68(84(6,7)8)54-62(76(60)94-44-16-2)49-64-56-70(86(12,13)14)58-66(78(64)96-46-36-28-24-20-18-22-26-34-42-88-81(91)73-39-31-32-40-74(73)82(88)92)50-65-57-69(85(9,10)11)55-63(48-61(75)53-67(51-59)83(3,4)5)77(65)95-45-35-27-23-19-17-21-25-33-41-87-79(89)71-37-29-30-38-72(71)80(87)90/h29-32,37-40,51-58H,15-28,33-36,41-50H2,1-14H3. The zero-order valence-electron chi connectivity index (χ0n) is 61.2. The van der Waals surface area contributed by atoms with Crippen LogP contribution in [0.25, 0.3) is 0 Å². The molecule has 0 fully saturated rings. The van der Waals surface area contributed by atoms with Gasteiger partial charge in [-0.1, -0.05) is 247 Å². The van der Waals surface area contributed by atoms with Gasteiger partial charge in [0.1, 0.15) is 23.0 Å². The number of ether oxygens (including phenoxy) is 4. The van der Waals surface area contributed by atoms with Crippen LogP contribution in [0.4, 0.5) is 0 Å². The lowest BCUT2D eigenvalue weighted by Gasteiger charge is -2.29. The van der Waals surface area contributed by atoms with Crippen LogP contribution in [-0.2, 0) is 47.3 Å². The van der Waals surface area contributed by atoms with E-state index in [0.29, 0.717) is 87.5 Å². The van der Waals surface area contributed by atoms with Crippen LogP contribution in [0.2, 0.25) is 0 Å². The van der Waals surface area contributed by atoms with Gasteiger partial charge >= 0.3 is 0 Å². The van der Waals surface area contributed by atoms with Crippen molar-refractivity contribution in [2.75, 3.05) is 39.5 Å². The molecule has 6 aromatic rings. The SMILES string of the molecule is CCCOc1c2cc(C(C)(C)C)cc1Cc1cc(C(C)(C)C)cc(c1OCCCCCCCCCCN1C(=O)c3ccccc3C1=O)Cc1cc(C(C)(C)C)cc(c1OCCCCCCCCCCN1C(=O)c3ccccc3C1=O)Cc1cc(C(C)(C)C)cc(c1OCCC)C2. The monoisotopic (exact) mass is 1300 g/mol. The van der Waals surface area contributed by atoms with Crippen LogP contribution in [0.3, 0.4) is 0 Å². The summed E-state index contributed by atoms with van der Waals surface area (Å²) in [6.45, 7) is 35.7. The Hall–Kier alpha value is -7.20. The number of rotatable bonds is 30. The summed E-state index contributed by atoms with van der Waals surface area (Å²) in [7, 11) is 0. The van der Waals surface area contributed by atoms with Gasteiger partial charge in [0.2, 0.25) is 0 Å². The van der Waals surface area contributed by atoms with E-state index in [-0.39, 0.29) is 45.3 Å². The molecule has 0 spiro atoms. The van der Waals surface area contributed by atoms with E-state index in [1.54, 1.807) is 24.3 Å². The Morgan fingerprint density at radius 2 is 0.490 bits per heavy atom. The first-order valence-corrected chi connectivity index (χ1v) is 36.8. The molecule has 0 atom stereocenters. The molecule has 0 unspecified atom stereocenters. The maximum Gasteiger partial charge on any atom is 0.261 e. The van der Waals surface area contributed by atoms with Gasteiger partial charge in [-0.15, -0.1) is 0 Å². The van der Waals surface area contributed by atoms with Crippen molar-refractivity contribution in [3.63, 3.8) is 0 Å². The molecule has 3 aliphatic rings. The Labute approximate surface area is 577 Å². The highest BCUT2D eigenvalue weighted by Gasteiger charge is 2.36. The number of amides is 4. The fourth-order valence-corrected chi connectivity index (χ4v) is 13.9. The molecular formula is C86H114N2O8. The van der Waals surface area contributed by atoms with Crippen molar-refractivity contribution in [1.82, 2.24) is 9.80 Å². The zero-order chi connectivity index (χ0) is 69.0. The second kappa shape index (κ2) is 32.4. The number of imide groups is 2. The normalized spacial score (nSPS) is 14.2. The molecule has 516 valence electrons. The largest absolute Gasteiger partial charge is 0.493 e. The summed E-state index contributed by atoms with van der Waals surface area (Å²) in [5.41, 5.74) is 15.9. The number of fused-ring (bicyclic) bond motifs is 10. The van der Waals surface area contributed by atoms with Gasteiger partial charge in [-0.3, -0.25) is 29.0 Å². The molecule has 0 N–H and O–H groups in total. The lowest BCUT2D eigenvalue weighted by atomic mass is 9.79. The number of hydrogen-bond donors (Lipinski definition) is 0. The van der Waals surface area contributed by atoms with E-state index in [4.69, 9.17) is 18.9 Å². The molecule has 2 heterocycles. The smallest absolute Gasteiger partial charge is 0.261 e. The van der Waals surface area contributed by atoms with Crippen molar-refractivity contribution in [1.29, 1.82) is 0 Å². The summed E-state index contributed by atoms with van der Waals surface area (Å²) in [6, 6.07) is 33.8. The van der Waals surface area contributed by atoms with Crippen LogP contribution < -0.4 is 18.9 Å². The lowest BCUT2D eigenvalue weighted by molar-refractivity contribution is 0.0636. The summed E-state index contributed by atoms with van der Waals surface area (Å²) >= 11 is 0. The second-order valence-corrected chi connectivity index (χ2v) is 31.9. The van der Waals surface area contributed by atoms with Crippen LogP contribution in [0, 0.1) is 0 Å². The lowest BCUT2D eigenvalue weighted by Crippen LogP contribution is -2.30. The van der Waals surface area contributed by atoms with Crippen molar-refractivity contribution in [2.45, 2.75) is 260 Å². The Balaban J connectivity index is 1.02. The number of unbranched alkanes of at least 4 members (excludes halogenated alkanes) is 14. The Kier molecular flexibility index (Phi) is 24.7.